The number of urea groups is 1. The Hall–Kier alpha value is -2.57. The zero-order chi connectivity index (χ0) is 16.8. The summed E-state index contributed by atoms with van der Waals surface area (Å²) in [6.45, 7) is 6.87. The monoisotopic (exact) mass is 306 g/mol. The summed E-state index contributed by atoms with van der Waals surface area (Å²) < 4.78 is 0. The third-order valence-corrected chi connectivity index (χ3v) is 2.36. The zero-order valence-electron chi connectivity index (χ0n) is 13.2. The molecule has 22 heavy (non-hydrogen) atoms. The van der Waals surface area contributed by atoms with Gasteiger partial charge < -0.3 is 21.3 Å². The van der Waals surface area contributed by atoms with Crippen LogP contribution < -0.4 is 21.3 Å². The molecule has 0 radical (unpaired) electrons. The third-order valence-electron chi connectivity index (χ3n) is 2.36. The van der Waals surface area contributed by atoms with Crippen LogP contribution in [0.15, 0.2) is 24.3 Å². The van der Waals surface area contributed by atoms with Crippen molar-refractivity contribution in [2.75, 3.05) is 17.2 Å². The standard InChI is InChI=1S/C15H22N4O3/c1-10(20)17-11-6-5-7-12(8-11)18-14(22)16-9-13(21)19-15(2,3)4/h5-8H,9H2,1-4H3,(H,17,20)(H,19,21)(H2,16,18,22). The molecular formula is C15H22N4O3. The Morgan fingerprint density at radius 3 is 2.18 bits per heavy atom. The van der Waals surface area contributed by atoms with Crippen LogP contribution in [-0.2, 0) is 9.59 Å². The zero-order valence-corrected chi connectivity index (χ0v) is 13.2. The van der Waals surface area contributed by atoms with E-state index >= 15 is 0 Å². The molecule has 1 aromatic carbocycles. The Morgan fingerprint density at radius 1 is 1.05 bits per heavy atom. The molecule has 7 nitrogen and oxygen atoms in total. The molecule has 0 saturated heterocycles. The van der Waals surface area contributed by atoms with E-state index in [9.17, 15) is 14.4 Å². The Kier molecular flexibility index (Phi) is 5.91. The fraction of sp³-hybridized carbons (Fsp3) is 0.400. The van der Waals surface area contributed by atoms with Crippen molar-refractivity contribution >= 4 is 29.2 Å². The van der Waals surface area contributed by atoms with Crippen LogP contribution in [0.1, 0.15) is 27.7 Å². The molecule has 0 unspecified atom stereocenters. The normalized spacial score (nSPS) is 10.5. The van der Waals surface area contributed by atoms with Gasteiger partial charge in [-0.25, -0.2) is 4.79 Å². The van der Waals surface area contributed by atoms with E-state index in [0.29, 0.717) is 11.4 Å². The van der Waals surface area contributed by atoms with E-state index in [4.69, 9.17) is 0 Å². The van der Waals surface area contributed by atoms with Gasteiger partial charge in [0.25, 0.3) is 0 Å². The van der Waals surface area contributed by atoms with E-state index in [2.05, 4.69) is 21.3 Å². The van der Waals surface area contributed by atoms with Crippen molar-refractivity contribution in [3.8, 4) is 0 Å². The van der Waals surface area contributed by atoms with Crippen LogP contribution in [0.4, 0.5) is 16.2 Å². The van der Waals surface area contributed by atoms with Gasteiger partial charge in [0.15, 0.2) is 0 Å². The minimum atomic E-state index is -0.496. The van der Waals surface area contributed by atoms with Crippen LogP contribution in [0.3, 0.4) is 0 Å². The first-order valence-electron chi connectivity index (χ1n) is 6.89. The predicted molar refractivity (Wildman–Crippen MR) is 85.7 cm³/mol. The van der Waals surface area contributed by atoms with Gasteiger partial charge in [0, 0.05) is 23.8 Å². The minimum absolute atomic E-state index is 0.117. The number of hydrogen-bond donors (Lipinski definition) is 4. The van der Waals surface area contributed by atoms with Gasteiger partial charge in [-0.2, -0.15) is 0 Å². The largest absolute Gasteiger partial charge is 0.350 e. The lowest BCUT2D eigenvalue weighted by Gasteiger charge is -2.20. The van der Waals surface area contributed by atoms with Gasteiger partial charge in [-0.1, -0.05) is 6.07 Å². The van der Waals surface area contributed by atoms with E-state index < -0.39 is 6.03 Å². The van der Waals surface area contributed by atoms with Crippen molar-refractivity contribution < 1.29 is 14.4 Å². The highest BCUT2D eigenvalue weighted by Crippen LogP contribution is 2.14. The molecule has 0 atom stereocenters. The van der Waals surface area contributed by atoms with Crippen LogP contribution >= 0.6 is 0 Å². The Morgan fingerprint density at radius 2 is 1.64 bits per heavy atom. The molecule has 0 aliphatic heterocycles. The Bertz CT molecular complexity index is 564. The molecule has 120 valence electrons. The van der Waals surface area contributed by atoms with Gasteiger partial charge in [0.2, 0.25) is 11.8 Å². The van der Waals surface area contributed by atoms with Crippen molar-refractivity contribution in [2.24, 2.45) is 0 Å². The highest BCUT2D eigenvalue weighted by atomic mass is 16.2. The first-order valence-corrected chi connectivity index (χ1v) is 6.89. The number of rotatable bonds is 4. The summed E-state index contributed by atoms with van der Waals surface area (Å²) in [6, 6.07) is 6.22. The Labute approximate surface area is 129 Å². The summed E-state index contributed by atoms with van der Waals surface area (Å²) in [7, 11) is 0. The number of amides is 4. The predicted octanol–water partition coefficient (Wildman–Crippen LogP) is 1.68. The van der Waals surface area contributed by atoms with Gasteiger partial charge in [-0.05, 0) is 39.0 Å². The molecule has 0 aliphatic rings. The molecule has 7 heteroatoms. The number of nitrogens with one attached hydrogen (secondary N) is 4. The first kappa shape index (κ1) is 17.5. The van der Waals surface area contributed by atoms with Gasteiger partial charge in [-0.15, -0.1) is 0 Å². The highest BCUT2D eigenvalue weighted by Gasteiger charge is 2.14. The number of benzene rings is 1. The van der Waals surface area contributed by atoms with Crippen LogP contribution in [0.25, 0.3) is 0 Å². The second-order valence-electron chi connectivity index (χ2n) is 5.87. The average molecular weight is 306 g/mol. The molecule has 0 fully saturated rings. The third kappa shape index (κ3) is 7.28. The molecule has 0 saturated carbocycles. The molecule has 0 heterocycles. The van der Waals surface area contributed by atoms with Gasteiger partial charge in [0.1, 0.15) is 0 Å². The maximum absolute atomic E-state index is 11.7. The topological polar surface area (TPSA) is 99.3 Å². The molecule has 1 aromatic rings. The summed E-state index contributed by atoms with van der Waals surface area (Å²) in [5, 5.41) is 10.4. The second kappa shape index (κ2) is 7.44. The smallest absolute Gasteiger partial charge is 0.319 e. The lowest BCUT2D eigenvalue weighted by atomic mass is 10.1. The van der Waals surface area contributed by atoms with Crippen molar-refractivity contribution in [2.45, 2.75) is 33.2 Å². The van der Waals surface area contributed by atoms with Gasteiger partial charge in [0.05, 0.1) is 6.54 Å². The number of anilines is 2. The summed E-state index contributed by atoms with van der Waals surface area (Å²) >= 11 is 0. The maximum Gasteiger partial charge on any atom is 0.319 e. The van der Waals surface area contributed by atoms with Crippen LogP contribution in [0.2, 0.25) is 0 Å². The number of carbonyl (C=O) groups is 3. The van der Waals surface area contributed by atoms with Crippen molar-refractivity contribution in [1.82, 2.24) is 10.6 Å². The minimum Gasteiger partial charge on any atom is -0.350 e. The second-order valence-corrected chi connectivity index (χ2v) is 5.87. The summed E-state index contributed by atoms with van der Waals surface area (Å²) in [4.78, 5) is 34.3. The quantitative estimate of drug-likeness (QED) is 0.681. The highest BCUT2D eigenvalue weighted by molar-refractivity contribution is 5.94. The fourth-order valence-electron chi connectivity index (χ4n) is 1.68. The fourth-order valence-corrected chi connectivity index (χ4v) is 1.68. The van der Waals surface area contributed by atoms with Gasteiger partial charge in [-0.3, -0.25) is 9.59 Å². The summed E-state index contributed by atoms with van der Waals surface area (Å²) in [5.41, 5.74) is 0.748. The van der Waals surface area contributed by atoms with Crippen LogP contribution in [0.5, 0.6) is 0 Å². The molecule has 0 spiro atoms. The van der Waals surface area contributed by atoms with E-state index in [-0.39, 0.29) is 23.9 Å². The van der Waals surface area contributed by atoms with E-state index in [1.807, 2.05) is 20.8 Å². The van der Waals surface area contributed by atoms with Crippen LogP contribution in [0, 0.1) is 0 Å². The Balaban J connectivity index is 2.48. The molecular weight excluding hydrogens is 284 g/mol. The van der Waals surface area contributed by atoms with E-state index in [0.717, 1.165) is 0 Å². The number of hydrogen-bond acceptors (Lipinski definition) is 3. The summed E-state index contributed by atoms with van der Waals surface area (Å²) in [6.07, 6.45) is 0. The molecule has 1 rings (SSSR count). The molecule has 0 aromatic heterocycles. The molecule has 4 amide bonds. The average Bonchev–Trinajstić information content (AvgIpc) is 2.34. The first-order chi connectivity index (χ1) is 10.2. The van der Waals surface area contributed by atoms with Crippen molar-refractivity contribution in [1.29, 1.82) is 0 Å². The maximum atomic E-state index is 11.7. The van der Waals surface area contributed by atoms with Gasteiger partial charge >= 0.3 is 6.03 Å². The molecule has 0 bridgehead atoms. The van der Waals surface area contributed by atoms with Crippen molar-refractivity contribution in [3.63, 3.8) is 0 Å². The van der Waals surface area contributed by atoms with Crippen LogP contribution in [-0.4, -0.2) is 29.9 Å². The lowest BCUT2D eigenvalue weighted by molar-refractivity contribution is -0.121. The number of carbonyl (C=O) groups excluding carboxylic acids is 3. The summed E-state index contributed by atoms with van der Waals surface area (Å²) in [5.74, 6) is -0.463. The van der Waals surface area contributed by atoms with Crippen molar-refractivity contribution in [3.05, 3.63) is 24.3 Å². The van der Waals surface area contributed by atoms with E-state index in [1.165, 1.54) is 6.92 Å². The lowest BCUT2D eigenvalue weighted by Crippen LogP contribution is -2.46. The molecule has 4 N–H and O–H groups in total. The van der Waals surface area contributed by atoms with E-state index in [1.54, 1.807) is 24.3 Å². The molecule has 0 aliphatic carbocycles. The SMILES string of the molecule is CC(=O)Nc1cccc(NC(=O)NCC(=O)NC(C)(C)C)c1.